The average Bonchev–Trinajstić information content (AvgIpc) is 2.97. The number of halogens is 1. The molecule has 0 unspecified atom stereocenters. The molecule has 1 aliphatic rings. The molecule has 0 radical (unpaired) electrons. The third-order valence-electron chi connectivity index (χ3n) is 5.25. The number of carbonyl (C=O) groups is 1. The van der Waals surface area contributed by atoms with E-state index in [1.165, 1.54) is 23.0 Å². The molecular weight excluding hydrogens is 363 g/mol. The lowest BCUT2D eigenvalue weighted by molar-refractivity contribution is 0.0611. The minimum absolute atomic E-state index is 0.0755. The molecule has 0 aliphatic carbocycles. The van der Waals surface area contributed by atoms with Crippen molar-refractivity contribution < 1.29 is 14.3 Å². The summed E-state index contributed by atoms with van der Waals surface area (Å²) >= 11 is 0. The fourth-order valence-electron chi connectivity index (χ4n) is 3.93. The first-order chi connectivity index (χ1) is 13.2. The number of hydrogen-bond acceptors (Lipinski definition) is 4. The lowest BCUT2D eigenvalue weighted by atomic mass is 10.0. The Morgan fingerprint density at radius 2 is 1.89 bits per heavy atom. The van der Waals surface area contributed by atoms with Gasteiger partial charge in [0.1, 0.15) is 11.2 Å². The number of hydrogen-bond donors (Lipinski definition) is 1. The van der Waals surface area contributed by atoms with E-state index in [2.05, 4.69) is 5.10 Å². The quantitative estimate of drug-likeness (QED) is 0.751. The normalized spacial score (nSPS) is 15.9. The van der Waals surface area contributed by atoms with Gasteiger partial charge < -0.3 is 14.6 Å². The maximum atomic E-state index is 13.1. The maximum Gasteiger partial charge on any atom is 0.280 e. The van der Waals surface area contributed by atoms with Gasteiger partial charge in [-0.05, 0) is 38.5 Å². The largest absolute Gasteiger partial charge is 0.505 e. The molecule has 0 saturated heterocycles. The molecule has 0 fully saturated rings. The van der Waals surface area contributed by atoms with Gasteiger partial charge in [0.05, 0.1) is 23.8 Å². The fraction of sp³-hybridized carbons (Fsp3) is 0.350. The molecule has 0 bridgehead atoms. The van der Waals surface area contributed by atoms with Gasteiger partial charge in [-0.1, -0.05) is 12.1 Å². The number of carbonyl (C=O) groups excluding carboxylic acids is 1. The molecule has 146 valence electrons. The van der Waals surface area contributed by atoms with E-state index >= 15 is 0 Å². The molecule has 1 aliphatic heterocycles. The molecule has 4 rings (SSSR count). The van der Waals surface area contributed by atoms with E-state index < -0.39 is 11.1 Å². The summed E-state index contributed by atoms with van der Waals surface area (Å²) in [4.78, 5) is 27.5. The van der Waals surface area contributed by atoms with Crippen LogP contribution in [0.15, 0.2) is 35.3 Å². The summed E-state index contributed by atoms with van der Waals surface area (Å²) in [5.74, 6) is -0.982. The Labute approximate surface area is 160 Å². The first-order valence-electron chi connectivity index (χ1n) is 9.12. The number of amides is 1. The molecule has 0 spiro atoms. The van der Waals surface area contributed by atoms with Crippen molar-refractivity contribution in [2.45, 2.75) is 32.9 Å². The summed E-state index contributed by atoms with van der Waals surface area (Å²) in [5, 5.41) is 15.1. The monoisotopic (exact) mass is 384 g/mol. The van der Waals surface area contributed by atoms with E-state index in [9.17, 15) is 19.1 Å². The van der Waals surface area contributed by atoms with Gasteiger partial charge in [-0.15, -0.1) is 0 Å². The van der Waals surface area contributed by atoms with E-state index in [4.69, 9.17) is 0 Å². The number of aromatic nitrogens is 3. The lowest BCUT2D eigenvalue weighted by Crippen LogP contribution is -2.50. The van der Waals surface area contributed by atoms with Gasteiger partial charge in [-0.25, -0.2) is 9.07 Å². The van der Waals surface area contributed by atoms with E-state index in [1.54, 1.807) is 21.6 Å². The minimum Gasteiger partial charge on any atom is -0.505 e. The van der Waals surface area contributed by atoms with Crippen molar-refractivity contribution in [3.8, 4) is 5.75 Å². The van der Waals surface area contributed by atoms with Gasteiger partial charge in [0.15, 0.2) is 11.4 Å². The Morgan fingerprint density at radius 3 is 2.54 bits per heavy atom. The highest BCUT2D eigenvalue weighted by Crippen LogP contribution is 2.38. The first-order valence-corrected chi connectivity index (χ1v) is 9.12. The highest BCUT2D eigenvalue weighted by atomic mass is 19.1. The molecule has 1 amide bonds. The van der Waals surface area contributed by atoms with Crippen molar-refractivity contribution in [3.63, 3.8) is 0 Å². The van der Waals surface area contributed by atoms with Crippen LogP contribution in [-0.4, -0.2) is 43.4 Å². The Bertz CT molecular complexity index is 1140. The van der Waals surface area contributed by atoms with Crippen LogP contribution in [0.3, 0.4) is 0 Å². The van der Waals surface area contributed by atoms with Crippen LogP contribution in [-0.2, 0) is 12.1 Å². The Morgan fingerprint density at radius 1 is 1.21 bits per heavy atom. The zero-order valence-corrected chi connectivity index (χ0v) is 15.9. The van der Waals surface area contributed by atoms with Gasteiger partial charge >= 0.3 is 0 Å². The smallest absolute Gasteiger partial charge is 0.280 e. The number of rotatable bonds is 3. The second-order valence-corrected chi connectivity index (χ2v) is 7.66. The zero-order chi connectivity index (χ0) is 20.2. The summed E-state index contributed by atoms with van der Waals surface area (Å²) in [7, 11) is 0. The number of aromatic hydroxyl groups is 1. The molecule has 0 saturated carbocycles. The van der Waals surface area contributed by atoms with Crippen LogP contribution in [0.1, 0.15) is 36.8 Å². The highest BCUT2D eigenvalue weighted by Gasteiger charge is 2.40. The van der Waals surface area contributed by atoms with Crippen LogP contribution in [0.4, 0.5) is 4.39 Å². The molecule has 1 N–H and O–H groups in total. The summed E-state index contributed by atoms with van der Waals surface area (Å²) in [6.07, 6.45) is 1.50. The first kappa shape index (κ1) is 18.2. The van der Waals surface area contributed by atoms with E-state index in [0.29, 0.717) is 24.2 Å². The van der Waals surface area contributed by atoms with Crippen molar-refractivity contribution in [2.75, 3.05) is 13.1 Å². The predicted molar refractivity (Wildman–Crippen MR) is 102 cm³/mol. The summed E-state index contributed by atoms with van der Waals surface area (Å²) in [6.45, 7) is 6.89. The highest BCUT2D eigenvalue weighted by molar-refractivity contribution is 6.04. The number of fused-ring (bicyclic) bond motifs is 3. The van der Waals surface area contributed by atoms with Gasteiger partial charge in [-0.2, -0.15) is 5.10 Å². The molecular formula is C20H21FN4O3. The summed E-state index contributed by atoms with van der Waals surface area (Å²) < 4.78 is 16.0. The minimum atomic E-state index is -0.504. The molecule has 7 nitrogen and oxygen atoms in total. The summed E-state index contributed by atoms with van der Waals surface area (Å²) in [6, 6.07) is 5.77. The predicted octanol–water partition coefficient (Wildman–Crippen LogP) is 2.30. The molecule has 28 heavy (non-hydrogen) atoms. The zero-order valence-electron chi connectivity index (χ0n) is 15.9. The van der Waals surface area contributed by atoms with E-state index in [1.807, 2.05) is 20.8 Å². The van der Waals surface area contributed by atoms with E-state index in [0.717, 1.165) is 0 Å². The summed E-state index contributed by atoms with van der Waals surface area (Å²) in [5.41, 5.74) is 0.254. The molecule has 3 aromatic rings. The second kappa shape index (κ2) is 6.19. The fourth-order valence-corrected chi connectivity index (χ4v) is 3.93. The van der Waals surface area contributed by atoms with Crippen molar-refractivity contribution in [2.24, 2.45) is 0 Å². The Balaban J connectivity index is 1.91. The number of benzene rings is 1. The van der Waals surface area contributed by atoms with Crippen molar-refractivity contribution in [1.29, 1.82) is 0 Å². The standard InChI is InChI=1S/C20H21FN4O3/c1-4-23-11-20(2,3)25-14-9-22-24(10-12-5-7-13(21)8-6-12)18(27)15(14)17(26)16(25)19(23)28/h5-9,26H,4,10-11H2,1-3H3. The van der Waals surface area contributed by atoms with Crippen LogP contribution >= 0.6 is 0 Å². The third kappa shape index (κ3) is 2.59. The number of likely N-dealkylation sites (N-methyl/N-ethyl adjacent to an activating group) is 1. The van der Waals surface area contributed by atoms with Gasteiger partial charge in [0.25, 0.3) is 11.5 Å². The van der Waals surface area contributed by atoms with Gasteiger partial charge in [-0.3, -0.25) is 9.59 Å². The van der Waals surface area contributed by atoms with Crippen LogP contribution in [0.2, 0.25) is 0 Å². The number of nitrogens with zero attached hydrogens (tertiary/aromatic N) is 4. The molecule has 2 aromatic heterocycles. The van der Waals surface area contributed by atoms with E-state index in [-0.39, 0.29) is 35.1 Å². The third-order valence-corrected chi connectivity index (χ3v) is 5.25. The Hall–Kier alpha value is -3.16. The maximum absolute atomic E-state index is 13.1. The van der Waals surface area contributed by atoms with Crippen LogP contribution in [0, 0.1) is 5.82 Å². The van der Waals surface area contributed by atoms with Gasteiger partial charge in [0.2, 0.25) is 0 Å². The van der Waals surface area contributed by atoms with Crippen molar-refractivity contribution >= 4 is 16.8 Å². The molecule has 8 heteroatoms. The lowest BCUT2D eigenvalue weighted by Gasteiger charge is -2.40. The second-order valence-electron chi connectivity index (χ2n) is 7.66. The average molecular weight is 384 g/mol. The topological polar surface area (TPSA) is 80.4 Å². The van der Waals surface area contributed by atoms with Crippen LogP contribution in [0.25, 0.3) is 10.9 Å². The van der Waals surface area contributed by atoms with Gasteiger partial charge in [0, 0.05) is 13.1 Å². The van der Waals surface area contributed by atoms with Crippen molar-refractivity contribution in [3.05, 3.63) is 57.9 Å². The van der Waals surface area contributed by atoms with Crippen molar-refractivity contribution in [1.82, 2.24) is 19.2 Å². The molecule has 0 atom stereocenters. The Kier molecular flexibility index (Phi) is 4.02. The molecule has 1 aromatic carbocycles. The van der Waals surface area contributed by atoms with Crippen LogP contribution < -0.4 is 5.56 Å². The van der Waals surface area contributed by atoms with Crippen LogP contribution in [0.5, 0.6) is 5.75 Å². The SMILES string of the molecule is CCN1CC(C)(C)n2c(c(O)c3c(=O)n(Cc4ccc(F)cc4)ncc32)C1=O. The molecule has 3 heterocycles.